The van der Waals surface area contributed by atoms with Crippen LogP contribution in [0.15, 0.2) is 18.2 Å². The Labute approximate surface area is 223 Å². The smallest absolute Gasteiger partial charge is 0.327 e. The molecule has 1 aromatic carbocycles. The highest BCUT2D eigenvalue weighted by Crippen LogP contribution is 2.33. The van der Waals surface area contributed by atoms with E-state index in [1.54, 1.807) is 7.11 Å². The molecule has 5 N–H and O–H groups in total. The first-order chi connectivity index (χ1) is 18.1. The van der Waals surface area contributed by atoms with Gasteiger partial charge < -0.3 is 39.8 Å². The lowest BCUT2D eigenvalue weighted by atomic mass is 10.0. The number of ether oxygens (including phenoxy) is 4. The van der Waals surface area contributed by atoms with Crippen LogP contribution in [0.5, 0.6) is 11.6 Å². The Balaban J connectivity index is 1.85. The van der Waals surface area contributed by atoms with Crippen LogP contribution in [0, 0.1) is 6.92 Å². The van der Waals surface area contributed by atoms with Gasteiger partial charge in [-0.25, -0.2) is 4.98 Å². The molecular formula is C25H39N4O8P. The molecule has 2 rings (SSSR count). The Morgan fingerprint density at radius 3 is 2.53 bits per heavy atom. The molecule has 0 spiro atoms. The monoisotopic (exact) mass is 554 g/mol. The number of anilines is 1. The molecule has 0 saturated carbocycles. The van der Waals surface area contributed by atoms with E-state index in [-0.39, 0.29) is 44.3 Å². The number of hydrogen-bond donors (Lipinski definition) is 4. The summed E-state index contributed by atoms with van der Waals surface area (Å²) in [6, 6.07) is 5.64. The van der Waals surface area contributed by atoms with Crippen molar-refractivity contribution < 1.29 is 38.1 Å². The molecule has 38 heavy (non-hydrogen) atoms. The highest BCUT2D eigenvalue weighted by atomic mass is 31.2. The van der Waals surface area contributed by atoms with Crippen LogP contribution in [0.4, 0.5) is 5.95 Å². The Kier molecular flexibility index (Phi) is 13.5. The van der Waals surface area contributed by atoms with Crippen molar-refractivity contribution in [3.63, 3.8) is 0 Å². The second-order valence-electron chi connectivity index (χ2n) is 8.62. The summed E-state index contributed by atoms with van der Waals surface area (Å²) < 4.78 is 32.6. The summed E-state index contributed by atoms with van der Waals surface area (Å²) in [6.07, 6.45) is 2.26. The van der Waals surface area contributed by atoms with E-state index in [2.05, 4.69) is 22.2 Å². The standard InChI is InChI=1S/C25H39N4O8P/c1-4-5-9-37-24-21(18(2)28-25(26)29-24)17-20-7-6-19(15-22(20)34-3)16-23(30)27-8-10-35-11-12-36-13-14-38(31,32)33/h6-7,15H,4-5,8-14,16-17H2,1-3H3,(H,27,30)(H2,26,28,29)(H2,31,32,33). The van der Waals surface area contributed by atoms with E-state index in [4.69, 9.17) is 34.5 Å². The van der Waals surface area contributed by atoms with Crippen molar-refractivity contribution in [2.45, 2.75) is 39.5 Å². The summed E-state index contributed by atoms with van der Waals surface area (Å²) in [4.78, 5) is 38.4. The van der Waals surface area contributed by atoms with Crippen LogP contribution < -0.4 is 20.5 Å². The van der Waals surface area contributed by atoms with Gasteiger partial charge in [-0.15, -0.1) is 0 Å². The number of nitrogen functional groups attached to an aromatic ring is 1. The highest BCUT2D eigenvalue weighted by molar-refractivity contribution is 7.51. The molecular weight excluding hydrogens is 515 g/mol. The van der Waals surface area contributed by atoms with E-state index in [0.717, 1.165) is 35.2 Å². The first-order valence-corrected chi connectivity index (χ1v) is 14.3. The van der Waals surface area contributed by atoms with Gasteiger partial charge in [0.1, 0.15) is 5.75 Å². The van der Waals surface area contributed by atoms with Gasteiger partial charge in [-0.05, 0) is 30.5 Å². The quantitative estimate of drug-likeness (QED) is 0.157. The fourth-order valence-electron chi connectivity index (χ4n) is 3.48. The molecule has 0 aliphatic heterocycles. The van der Waals surface area contributed by atoms with Gasteiger partial charge in [0.2, 0.25) is 17.7 Å². The molecule has 0 fully saturated rings. The number of carbonyl (C=O) groups excluding carboxylic acids is 1. The molecule has 2 aromatic rings. The van der Waals surface area contributed by atoms with Crippen molar-refractivity contribution in [1.29, 1.82) is 0 Å². The van der Waals surface area contributed by atoms with Crippen LogP contribution in [0.3, 0.4) is 0 Å². The summed E-state index contributed by atoms with van der Waals surface area (Å²) in [6.45, 7) is 5.57. The number of carbonyl (C=O) groups is 1. The maximum atomic E-state index is 12.4. The number of aryl methyl sites for hydroxylation is 1. The third-order valence-electron chi connectivity index (χ3n) is 5.48. The predicted molar refractivity (Wildman–Crippen MR) is 143 cm³/mol. The number of aromatic nitrogens is 2. The molecule has 0 saturated heterocycles. The van der Waals surface area contributed by atoms with Crippen LogP contribution >= 0.6 is 7.60 Å². The molecule has 212 valence electrons. The average molecular weight is 555 g/mol. The number of rotatable bonds is 18. The Morgan fingerprint density at radius 2 is 1.84 bits per heavy atom. The van der Waals surface area contributed by atoms with Crippen molar-refractivity contribution in [3.8, 4) is 11.6 Å². The highest BCUT2D eigenvalue weighted by Gasteiger charge is 2.16. The van der Waals surface area contributed by atoms with Gasteiger partial charge in [0.15, 0.2) is 0 Å². The van der Waals surface area contributed by atoms with Crippen molar-refractivity contribution in [2.75, 3.05) is 58.6 Å². The first-order valence-electron chi connectivity index (χ1n) is 12.5. The van der Waals surface area contributed by atoms with Crippen LogP contribution in [0.1, 0.15) is 42.1 Å². The Bertz CT molecular complexity index is 1080. The molecule has 0 unspecified atom stereocenters. The minimum Gasteiger partial charge on any atom is -0.496 e. The molecule has 0 aliphatic carbocycles. The summed E-state index contributed by atoms with van der Waals surface area (Å²) in [5, 5.41) is 2.80. The zero-order valence-corrected chi connectivity index (χ0v) is 23.2. The van der Waals surface area contributed by atoms with Gasteiger partial charge in [0.05, 0.1) is 58.4 Å². The summed E-state index contributed by atoms with van der Waals surface area (Å²) >= 11 is 0. The van der Waals surface area contributed by atoms with Crippen molar-refractivity contribution in [2.24, 2.45) is 0 Å². The molecule has 0 aliphatic rings. The second-order valence-corrected chi connectivity index (χ2v) is 10.4. The summed E-state index contributed by atoms with van der Waals surface area (Å²) in [5.74, 6) is 1.13. The van der Waals surface area contributed by atoms with Crippen LogP contribution in [-0.4, -0.2) is 78.5 Å². The number of amides is 1. The van der Waals surface area contributed by atoms with E-state index in [1.807, 2.05) is 25.1 Å². The number of nitrogens with two attached hydrogens (primary N) is 1. The maximum Gasteiger partial charge on any atom is 0.327 e. The SMILES string of the molecule is CCCCOc1nc(N)nc(C)c1Cc1ccc(CC(=O)NCCOCCOCCP(=O)(O)O)cc1OC. The normalized spacial score (nSPS) is 11.4. The molecule has 1 amide bonds. The maximum absolute atomic E-state index is 12.4. The number of nitrogens with one attached hydrogen (secondary N) is 1. The van der Waals surface area contributed by atoms with E-state index < -0.39 is 7.60 Å². The minimum absolute atomic E-state index is 0.0338. The molecule has 13 heteroatoms. The van der Waals surface area contributed by atoms with E-state index >= 15 is 0 Å². The van der Waals surface area contributed by atoms with Crippen LogP contribution in [0.25, 0.3) is 0 Å². The second kappa shape index (κ2) is 16.3. The number of hydrogen-bond acceptors (Lipinski definition) is 9. The van der Waals surface area contributed by atoms with E-state index in [0.29, 0.717) is 37.8 Å². The predicted octanol–water partition coefficient (Wildman–Crippen LogP) is 2.02. The van der Waals surface area contributed by atoms with Gasteiger partial charge in [0.25, 0.3) is 0 Å². The Morgan fingerprint density at radius 1 is 1.11 bits per heavy atom. The zero-order chi connectivity index (χ0) is 28.0. The summed E-state index contributed by atoms with van der Waals surface area (Å²) in [5.41, 5.74) is 9.12. The largest absolute Gasteiger partial charge is 0.496 e. The van der Waals surface area contributed by atoms with Gasteiger partial charge in [-0.2, -0.15) is 4.98 Å². The topological polar surface area (TPSA) is 175 Å². The lowest BCUT2D eigenvalue weighted by Crippen LogP contribution is -2.29. The summed E-state index contributed by atoms with van der Waals surface area (Å²) in [7, 11) is -2.46. The lowest BCUT2D eigenvalue weighted by molar-refractivity contribution is -0.120. The van der Waals surface area contributed by atoms with Crippen LogP contribution in [0.2, 0.25) is 0 Å². The third kappa shape index (κ3) is 11.7. The molecule has 12 nitrogen and oxygen atoms in total. The lowest BCUT2D eigenvalue weighted by Gasteiger charge is -2.15. The average Bonchev–Trinajstić information content (AvgIpc) is 2.85. The first kappa shape index (κ1) is 31.5. The van der Waals surface area contributed by atoms with Crippen molar-refractivity contribution in [1.82, 2.24) is 15.3 Å². The number of methoxy groups -OCH3 is 1. The van der Waals surface area contributed by atoms with Crippen molar-refractivity contribution in [3.05, 3.63) is 40.6 Å². The van der Waals surface area contributed by atoms with Gasteiger partial charge in [0, 0.05) is 18.5 Å². The number of unbranched alkanes of at least 4 members (excludes halogenated alkanes) is 1. The Hall–Kier alpha value is -2.76. The zero-order valence-electron chi connectivity index (χ0n) is 22.3. The fraction of sp³-hybridized carbons (Fsp3) is 0.560. The van der Waals surface area contributed by atoms with Gasteiger partial charge in [-0.1, -0.05) is 25.5 Å². The molecule has 0 radical (unpaired) electrons. The third-order valence-corrected chi connectivity index (χ3v) is 6.25. The molecule has 0 bridgehead atoms. The van der Waals surface area contributed by atoms with E-state index in [9.17, 15) is 9.36 Å². The van der Waals surface area contributed by atoms with E-state index in [1.165, 1.54) is 0 Å². The molecule has 0 atom stereocenters. The van der Waals surface area contributed by atoms with Crippen LogP contribution in [-0.2, 0) is 31.7 Å². The van der Waals surface area contributed by atoms with Gasteiger partial charge >= 0.3 is 7.60 Å². The molecule has 1 heterocycles. The van der Waals surface area contributed by atoms with Crippen molar-refractivity contribution >= 4 is 19.5 Å². The number of benzene rings is 1. The fourth-order valence-corrected chi connectivity index (χ4v) is 3.84. The number of nitrogens with zero attached hydrogens (tertiary/aromatic N) is 2. The minimum atomic E-state index is -4.04. The van der Waals surface area contributed by atoms with Gasteiger partial charge in [-0.3, -0.25) is 9.36 Å². The molecule has 1 aromatic heterocycles.